The molecule has 0 bridgehead atoms. The number of para-hydroxylation sites is 1. The molecule has 0 spiro atoms. The smallest absolute Gasteiger partial charge is 0.234 e. The molecule has 3 aliphatic heterocycles. The fourth-order valence-electron chi connectivity index (χ4n) is 6.45. The van der Waals surface area contributed by atoms with E-state index < -0.39 is 58.3 Å². The summed E-state index contributed by atoms with van der Waals surface area (Å²) in [5, 5.41) is 0. The third kappa shape index (κ3) is 2.50. The van der Waals surface area contributed by atoms with Crippen molar-refractivity contribution in [2.24, 2.45) is 23.2 Å². The zero-order chi connectivity index (χ0) is 24.9. The van der Waals surface area contributed by atoms with Gasteiger partial charge in [-0.1, -0.05) is 39.0 Å². The average Bonchev–Trinajstić information content (AvgIpc) is 3.31. The van der Waals surface area contributed by atoms with Crippen LogP contribution in [-0.2, 0) is 34.2 Å². The Labute approximate surface area is 197 Å². The van der Waals surface area contributed by atoms with Gasteiger partial charge in [-0.3, -0.25) is 38.6 Å². The van der Waals surface area contributed by atoms with Gasteiger partial charge in [0, 0.05) is 38.0 Å². The molecule has 3 fully saturated rings. The maximum Gasteiger partial charge on any atom is 0.234 e. The monoisotopic (exact) mass is 465 g/mol. The number of hydrogen-bond donors (Lipinski definition) is 0. The molecule has 5 amide bonds. The quantitative estimate of drug-likeness (QED) is 0.570. The number of amides is 5. The number of hydrogen-bond acceptors (Lipinski definition) is 6. The fourth-order valence-corrected chi connectivity index (χ4v) is 6.45. The maximum absolute atomic E-state index is 14.1. The van der Waals surface area contributed by atoms with E-state index in [0.29, 0.717) is 11.3 Å². The van der Waals surface area contributed by atoms with E-state index >= 15 is 0 Å². The summed E-state index contributed by atoms with van der Waals surface area (Å²) in [6.07, 6.45) is -0.414. The van der Waals surface area contributed by atoms with Crippen LogP contribution in [0.1, 0.15) is 39.2 Å². The lowest BCUT2D eigenvalue weighted by atomic mass is 9.54. The first-order valence-corrected chi connectivity index (χ1v) is 11.4. The number of anilines is 1. The van der Waals surface area contributed by atoms with Crippen LogP contribution in [0.5, 0.6) is 0 Å². The lowest BCUT2D eigenvalue weighted by molar-refractivity contribution is -0.146. The summed E-state index contributed by atoms with van der Waals surface area (Å²) in [5.41, 5.74) is -1.54. The molecule has 34 heavy (non-hydrogen) atoms. The first-order chi connectivity index (χ1) is 15.8. The molecular formula is C25H27N3O6. The number of carbonyl (C=O) groups excluding carboxylic acids is 6. The molecule has 5 rings (SSSR count). The van der Waals surface area contributed by atoms with E-state index in [0.717, 1.165) is 9.80 Å². The van der Waals surface area contributed by atoms with E-state index in [-0.39, 0.29) is 24.5 Å². The molecule has 0 radical (unpaired) electrons. The summed E-state index contributed by atoms with van der Waals surface area (Å²) >= 11 is 0. The van der Waals surface area contributed by atoms with Crippen LogP contribution < -0.4 is 4.90 Å². The highest BCUT2D eigenvalue weighted by atomic mass is 16.2. The molecule has 178 valence electrons. The highest BCUT2D eigenvalue weighted by Gasteiger charge is 2.73. The zero-order valence-electron chi connectivity index (χ0n) is 19.8. The second-order valence-corrected chi connectivity index (χ2v) is 10.8. The summed E-state index contributed by atoms with van der Waals surface area (Å²) in [6.45, 7) is 5.23. The Kier molecular flexibility index (Phi) is 4.51. The van der Waals surface area contributed by atoms with Gasteiger partial charge in [-0.25, -0.2) is 0 Å². The van der Waals surface area contributed by atoms with Gasteiger partial charge in [0.25, 0.3) is 0 Å². The molecule has 1 saturated carbocycles. The van der Waals surface area contributed by atoms with E-state index in [9.17, 15) is 28.8 Å². The number of likely N-dealkylation sites (tertiary alicyclic amines) is 2. The molecule has 9 nitrogen and oxygen atoms in total. The second kappa shape index (κ2) is 6.84. The van der Waals surface area contributed by atoms with Gasteiger partial charge < -0.3 is 4.90 Å². The Balaban J connectivity index is 1.84. The van der Waals surface area contributed by atoms with Gasteiger partial charge >= 0.3 is 0 Å². The third-order valence-electron chi connectivity index (χ3n) is 8.05. The number of imide groups is 2. The van der Waals surface area contributed by atoms with Crippen LogP contribution in [0.25, 0.3) is 0 Å². The van der Waals surface area contributed by atoms with Gasteiger partial charge in [-0.15, -0.1) is 0 Å². The van der Waals surface area contributed by atoms with Crippen LogP contribution in [0, 0.1) is 23.2 Å². The summed E-state index contributed by atoms with van der Waals surface area (Å²) < 4.78 is 0. The number of nitrogens with zero attached hydrogens (tertiary/aromatic N) is 3. The van der Waals surface area contributed by atoms with Gasteiger partial charge in [-0.05, 0) is 11.6 Å². The van der Waals surface area contributed by atoms with Gasteiger partial charge in [0.2, 0.25) is 29.5 Å². The van der Waals surface area contributed by atoms with Gasteiger partial charge in [0.1, 0.15) is 5.78 Å². The maximum atomic E-state index is 14.1. The second-order valence-electron chi connectivity index (χ2n) is 10.8. The summed E-state index contributed by atoms with van der Waals surface area (Å²) in [6, 6.07) is 5.80. The highest BCUT2D eigenvalue weighted by molar-refractivity contribution is 6.17. The van der Waals surface area contributed by atoms with Crippen LogP contribution in [0.3, 0.4) is 0 Å². The minimum absolute atomic E-state index is 0.196. The zero-order valence-corrected chi connectivity index (χ0v) is 19.8. The largest absolute Gasteiger partial charge is 0.306 e. The van der Waals surface area contributed by atoms with Crippen molar-refractivity contribution < 1.29 is 28.8 Å². The van der Waals surface area contributed by atoms with Crippen molar-refractivity contribution in [3.05, 3.63) is 29.8 Å². The first kappa shape index (κ1) is 22.4. The molecule has 1 aromatic carbocycles. The van der Waals surface area contributed by atoms with Crippen LogP contribution in [0.15, 0.2) is 24.3 Å². The molecule has 0 N–H and O–H groups in total. The van der Waals surface area contributed by atoms with E-state index in [4.69, 9.17) is 0 Å². The number of Topliss-reactive ketones (excluding diaryl/α,β-unsaturated/α-hetero) is 1. The van der Waals surface area contributed by atoms with Crippen LogP contribution in [0.4, 0.5) is 5.69 Å². The molecular weight excluding hydrogens is 438 g/mol. The Morgan fingerprint density at radius 3 is 2.15 bits per heavy atom. The first-order valence-electron chi connectivity index (χ1n) is 11.4. The predicted molar refractivity (Wildman–Crippen MR) is 119 cm³/mol. The van der Waals surface area contributed by atoms with E-state index in [1.54, 1.807) is 45.0 Å². The number of fused-ring (bicyclic) bond motifs is 5. The standard InChI is InChI=1S/C25H27N3O6/c1-24(2,3)23(34)28-15-9-7-6-8-13(15)25(14-11-17(30)26(4)21(14)32)16(29)10-12-18(19(25)28)22(33)27(5)20(12)31/h6-9,12,14,18-19H,10-11H2,1-5H3/t12-,14?,18-,19-,25-/m1/s1. The number of carbonyl (C=O) groups is 6. The molecule has 2 saturated heterocycles. The molecule has 1 unspecified atom stereocenters. The minimum atomic E-state index is -1.59. The molecule has 9 heteroatoms. The molecule has 3 heterocycles. The van der Waals surface area contributed by atoms with E-state index in [1.165, 1.54) is 19.0 Å². The molecule has 1 aliphatic carbocycles. The lowest BCUT2D eigenvalue weighted by Crippen LogP contribution is -2.65. The number of rotatable bonds is 1. The summed E-state index contributed by atoms with van der Waals surface area (Å²) in [5.74, 6) is -5.50. The molecule has 1 aromatic rings. The van der Waals surface area contributed by atoms with Crippen molar-refractivity contribution in [1.82, 2.24) is 9.80 Å². The van der Waals surface area contributed by atoms with E-state index in [2.05, 4.69) is 0 Å². The Hall–Kier alpha value is -3.36. The highest BCUT2D eigenvalue weighted by Crippen LogP contribution is 2.60. The normalized spacial score (nSPS) is 33.0. The fraction of sp³-hybridized carbons (Fsp3) is 0.520. The van der Waals surface area contributed by atoms with Gasteiger partial charge in [-0.2, -0.15) is 0 Å². The van der Waals surface area contributed by atoms with Crippen molar-refractivity contribution in [3.8, 4) is 0 Å². The topological polar surface area (TPSA) is 112 Å². The minimum Gasteiger partial charge on any atom is -0.306 e. The van der Waals surface area contributed by atoms with Gasteiger partial charge in [0.05, 0.1) is 29.2 Å². The van der Waals surface area contributed by atoms with Crippen LogP contribution in [0.2, 0.25) is 0 Å². The van der Waals surface area contributed by atoms with Crippen LogP contribution >= 0.6 is 0 Å². The van der Waals surface area contributed by atoms with Crippen molar-refractivity contribution in [1.29, 1.82) is 0 Å². The van der Waals surface area contributed by atoms with Crippen molar-refractivity contribution in [2.75, 3.05) is 19.0 Å². The summed E-state index contributed by atoms with van der Waals surface area (Å²) in [4.78, 5) is 83.8. The molecule has 4 aliphatic rings. The lowest BCUT2D eigenvalue weighted by Gasteiger charge is -2.48. The van der Waals surface area contributed by atoms with Gasteiger partial charge in [0.15, 0.2) is 0 Å². The van der Waals surface area contributed by atoms with Crippen molar-refractivity contribution in [3.63, 3.8) is 0 Å². The van der Waals surface area contributed by atoms with Crippen molar-refractivity contribution in [2.45, 2.75) is 45.1 Å². The number of benzene rings is 1. The number of ketones is 1. The Morgan fingerprint density at radius 1 is 0.912 bits per heavy atom. The van der Waals surface area contributed by atoms with Crippen LogP contribution in [-0.4, -0.2) is 65.3 Å². The molecule has 0 aromatic heterocycles. The van der Waals surface area contributed by atoms with E-state index in [1.807, 2.05) is 0 Å². The average molecular weight is 466 g/mol. The third-order valence-corrected chi connectivity index (χ3v) is 8.05. The SMILES string of the molecule is CN1C(=O)CC([C@]23C(=O)C[C@H]4C(=O)N(C)C(=O)[C@H]4[C@H]2N(C(=O)C(C)(C)C)c2ccccc23)C1=O. The molecule has 5 atom stereocenters. The predicted octanol–water partition coefficient (Wildman–Crippen LogP) is 0.894. The summed E-state index contributed by atoms with van der Waals surface area (Å²) in [7, 11) is 2.76. The Morgan fingerprint density at radius 2 is 1.56 bits per heavy atom. The van der Waals surface area contributed by atoms with Crippen molar-refractivity contribution >= 4 is 41.0 Å². The Bertz CT molecular complexity index is 1200.